The maximum atomic E-state index is 12.7. The molecule has 1 N–H and O–H groups in total. The van der Waals surface area contributed by atoms with Gasteiger partial charge in [-0.1, -0.05) is 0 Å². The number of piperidine rings is 1. The zero-order valence-electron chi connectivity index (χ0n) is 15.7. The summed E-state index contributed by atoms with van der Waals surface area (Å²) >= 11 is 0. The Labute approximate surface area is 154 Å². The molecule has 0 saturated carbocycles. The predicted molar refractivity (Wildman–Crippen MR) is 95.9 cm³/mol. The van der Waals surface area contributed by atoms with Crippen LogP contribution in [0.5, 0.6) is 0 Å². The quantitative estimate of drug-likeness (QED) is 0.482. The smallest absolute Gasteiger partial charge is 0.335 e. The van der Waals surface area contributed by atoms with Gasteiger partial charge in [0.05, 0.1) is 11.3 Å². The minimum atomic E-state index is -3.29. The number of amides is 1. The molecule has 2 aliphatic heterocycles. The summed E-state index contributed by atoms with van der Waals surface area (Å²) in [5, 5.41) is 2.82. The number of esters is 1. The Morgan fingerprint density at radius 2 is 1.96 bits per heavy atom. The lowest BCUT2D eigenvalue weighted by molar-refractivity contribution is -0.150. The Bertz CT molecular complexity index is 677. The molecule has 26 heavy (non-hydrogen) atoms. The highest BCUT2D eigenvalue weighted by atomic mass is 32.2. The summed E-state index contributed by atoms with van der Waals surface area (Å²) in [6.45, 7) is 7.18. The number of hydrogen-bond donors (Lipinski definition) is 1. The van der Waals surface area contributed by atoms with Crippen LogP contribution in [0.3, 0.4) is 0 Å². The van der Waals surface area contributed by atoms with Gasteiger partial charge in [0.1, 0.15) is 5.60 Å². The molecular formula is C17H28N2O6S. The summed E-state index contributed by atoms with van der Waals surface area (Å²) in [6.07, 6.45) is 1.25. The van der Waals surface area contributed by atoms with Gasteiger partial charge < -0.3 is 14.8 Å². The molecule has 1 spiro atoms. The molecule has 0 aromatic heterocycles. The lowest BCUT2D eigenvalue weighted by Crippen LogP contribution is -2.50. The van der Waals surface area contributed by atoms with Gasteiger partial charge in [0.2, 0.25) is 10.0 Å². The van der Waals surface area contributed by atoms with Gasteiger partial charge in [-0.2, -0.15) is 0 Å². The number of rotatable bonds is 8. The largest absolute Gasteiger partial charge is 0.450 e. The fraction of sp³-hybridized carbons (Fsp3) is 0.765. The van der Waals surface area contributed by atoms with Crippen molar-refractivity contribution in [1.29, 1.82) is 0 Å². The SMILES string of the molecule is CCOCCCNC(=O)C1=C(C)C(=O)OC12CCN(S(=O)(=O)CC)CC2. The minimum Gasteiger partial charge on any atom is -0.450 e. The average Bonchev–Trinajstić information content (AvgIpc) is 2.85. The van der Waals surface area contributed by atoms with E-state index in [-0.39, 0.29) is 37.6 Å². The number of hydrogen-bond acceptors (Lipinski definition) is 6. The number of carbonyl (C=O) groups excluding carboxylic acids is 2. The molecule has 0 aromatic rings. The van der Waals surface area contributed by atoms with E-state index in [1.54, 1.807) is 13.8 Å². The standard InChI is InChI=1S/C17H28N2O6S/c1-4-24-12-6-9-18-15(20)14-13(3)16(21)25-17(14)7-10-19(11-8-17)26(22,23)5-2/h4-12H2,1-3H3,(H,18,20). The van der Waals surface area contributed by atoms with E-state index < -0.39 is 21.6 Å². The molecule has 1 saturated heterocycles. The molecule has 1 amide bonds. The second kappa shape index (κ2) is 8.49. The summed E-state index contributed by atoms with van der Waals surface area (Å²) in [6, 6.07) is 0. The van der Waals surface area contributed by atoms with E-state index in [4.69, 9.17) is 9.47 Å². The van der Waals surface area contributed by atoms with Crippen LogP contribution >= 0.6 is 0 Å². The molecule has 148 valence electrons. The van der Waals surface area contributed by atoms with E-state index >= 15 is 0 Å². The highest BCUT2D eigenvalue weighted by Gasteiger charge is 2.51. The minimum absolute atomic E-state index is 0.0296. The lowest BCUT2D eigenvalue weighted by Gasteiger charge is -2.38. The topological polar surface area (TPSA) is 102 Å². The number of nitrogens with one attached hydrogen (secondary N) is 1. The van der Waals surface area contributed by atoms with Crippen LogP contribution in [0.1, 0.15) is 40.0 Å². The maximum Gasteiger partial charge on any atom is 0.335 e. The maximum absolute atomic E-state index is 12.7. The molecule has 2 aliphatic rings. The molecule has 8 nitrogen and oxygen atoms in total. The molecule has 0 aliphatic carbocycles. The number of carbonyl (C=O) groups is 2. The van der Waals surface area contributed by atoms with Gasteiger partial charge in [0.25, 0.3) is 5.91 Å². The molecule has 0 aromatic carbocycles. The van der Waals surface area contributed by atoms with Gasteiger partial charge in [-0.3, -0.25) is 4.79 Å². The third kappa shape index (κ3) is 4.27. The molecule has 0 unspecified atom stereocenters. The van der Waals surface area contributed by atoms with Crippen LogP contribution in [0.2, 0.25) is 0 Å². The zero-order valence-corrected chi connectivity index (χ0v) is 16.5. The first-order chi connectivity index (χ1) is 12.3. The molecule has 0 bridgehead atoms. The molecule has 9 heteroatoms. The second-order valence-corrected chi connectivity index (χ2v) is 8.75. The van der Waals surface area contributed by atoms with Crippen molar-refractivity contribution in [3.05, 3.63) is 11.1 Å². The molecule has 2 rings (SSSR count). The van der Waals surface area contributed by atoms with Crippen molar-refractivity contribution in [1.82, 2.24) is 9.62 Å². The highest BCUT2D eigenvalue weighted by molar-refractivity contribution is 7.89. The zero-order chi connectivity index (χ0) is 19.4. The van der Waals surface area contributed by atoms with E-state index in [0.29, 0.717) is 37.3 Å². The van der Waals surface area contributed by atoms with E-state index in [9.17, 15) is 18.0 Å². The summed E-state index contributed by atoms with van der Waals surface area (Å²) in [5.74, 6) is -0.796. The van der Waals surface area contributed by atoms with Crippen molar-refractivity contribution in [2.24, 2.45) is 0 Å². The third-order valence-corrected chi connectivity index (χ3v) is 6.78. The van der Waals surface area contributed by atoms with Crippen LogP contribution in [-0.2, 0) is 29.1 Å². The van der Waals surface area contributed by atoms with Crippen LogP contribution in [0.25, 0.3) is 0 Å². The fourth-order valence-electron chi connectivity index (χ4n) is 3.40. The molecule has 2 heterocycles. The Morgan fingerprint density at radius 1 is 1.31 bits per heavy atom. The van der Waals surface area contributed by atoms with Gasteiger partial charge in [-0.25, -0.2) is 17.5 Å². The van der Waals surface area contributed by atoms with E-state index in [1.165, 1.54) is 4.31 Å². The Balaban J connectivity index is 2.07. The average molecular weight is 388 g/mol. The second-order valence-electron chi connectivity index (χ2n) is 6.49. The lowest BCUT2D eigenvalue weighted by atomic mass is 9.83. The van der Waals surface area contributed by atoms with Crippen molar-refractivity contribution in [2.75, 3.05) is 38.6 Å². The first-order valence-corrected chi connectivity index (χ1v) is 10.7. The van der Waals surface area contributed by atoms with Crippen LogP contribution in [0.15, 0.2) is 11.1 Å². The van der Waals surface area contributed by atoms with E-state index in [2.05, 4.69) is 5.32 Å². The third-order valence-electron chi connectivity index (χ3n) is 4.90. The van der Waals surface area contributed by atoms with Crippen LogP contribution < -0.4 is 5.32 Å². The molecule has 1 fully saturated rings. The number of ether oxygens (including phenoxy) is 2. The van der Waals surface area contributed by atoms with Crippen molar-refractivity contribution in [2.45, 2.75) is 45.6 Å². The van der Waals surface area contributed by atoms with E-state index in [1.807, 2.05) is 6.92 Å². The molecule has 0 atom stereocenters. The molecular weight excluding hydrogens is 360 g/mol. The monoisotopic (exact) mass is 388 g/mol. The first kappa shape index (κ1) is 20.9. The van der Waals surface area contributed by atoms with E-state index in [0.717, 1.165) is 0 Å². The normalized spacial score (nSPS) is 20.5. The first-order valence-electron chi connectivity index (χ1n) is 9.06. The predicted octanol–water partition coefficient (Wildman–Crippen LogP) is 0.587. The summed E-state index contributed by atoms with van der Waals surface area (Å²) in [4.78, 5) is 24.8. The van der Waals surface area contributed by atoms with Crippen LogP contribution in [-0.4, -0.2) is 68.8 Å². The van der Waals surface area contributed by atoms with Crippen molar-refractivity contribution in [3.8, 4) is 0 Å². The number of nitrogens with zero attached hydrogens (tertiary/aromatic N) is 1. The van der Waals surface area contributed by atoms with Crippen molar-refractivity contribution >= 4 is 21.9 Å². The molecule has 0 radical (unpaired) electrons. The van der Waals surface area contributed by atoms with Gasteiger partial charge in [-0.05, 0) is 27.2 Å². The van der Waals surface area contributed by atoms with Crippen molar-refractivity contribution < 1.29 is 27.5 Å². The highest BCUT2D eigenvalue weighted by Crippen LogP contribution is 2.41. The number of sulfonamides is 1. The summed E-state index contributed by atoms with van der Waals surface area (Å²) in [5.41, 5.74) is -0.378. The Hall–Kier alpha value is -1.45. The van der Waals surface area contributed by atoms with Gasteiger partial charge >= 0.3 is 5.97 Å². The van der Waals surface area contributed by atoms with Gasteiger partial charge in [-0.15, -0.1) is 0 Å². The van der Waals surface area contributed by atoms with Gasteiger partial charge in [0, 0.05) is 51.3 Å². The Morgan fingerprint density at radius 3 is 2.54 bits per heavy atom. The van der Waals surface area contributed by atoms with Crippen LogP contribution in [0, 0.1) is 0 Å². The Kier molecular flexibility index (Phi) is 6.81. The summed E-state index contributed by atoms with van der Waals surface area (Å²) in [7, 11) is -3.29. The summed E-state index contributed by atoms with van der Waals surface area (Å²) < 4.78 is 36.3. The van der Waals surface area contributed by atoms with Crippen molar-refractivity contribution in [3.63, 3.8) is 0 Å². The van der Waals surface area contributed by atoms with Crippen LogP contribution in [0.4, 0.5) is 0 Å². The van der Waals surface area contributed by atoms with Gasteiger partial charge in [0.15, 0.2) is 0 Å². The fourth-order valence-corrected chi connectivity index (χ4v) is 4.50.